The molecule has 0 aliphatic rings. The fourth-order valence-electron chi connectivity index (χ4n) is 0.635. The minimum absolute atomic E-state index is 0.0919. The van der Waals surface area contributed by atoms with Crippen molar-refractivity contribution in [2.45, 2.75) is 6.92 Å². The Kier molecular flexibility index (Phi) is 2.15. The van der Waals surface area contributed by atoms with Gasteiger partial charge in [-0.05, 0) is 6.07 Å². The number of nitrogens with zero attached hydrogens (tertiary/aromatic N) is 2. The van der Waals surface area contributed by atoms with E-state index in [0.29, 0.717) is 5.69 Å². The number of aromatic nitrogens is 2. The molecule has 1 aromatic heterocycles. The lowest BCUT2D eigenvalue weighted by molar-refractivity contribution is 0.101. The summed E-state index contributed by atoms with van der Waals surface area (Å²) in [6.07, 6.45) is 1.49. The van der Waals surface area contributed by atoms with Crippen molar-refractivity contribution in [1.82, 2.24) is 9.97 Å². The molecule has 0 aromatic carbocycles. The van der Waals surface area contributed by atoms with E-state index in [2.05, 4.69) is 9.97 Å². The third-order valence-electron chi connectivity index (χ3n) is 1.18. The Hall–Kier alpha value is -1.45. The first-order valence-electron chi connectivity index (χ1n) is 3.12. The first-order chi connectivity index (χ1) is 5.24. The average Bonchev–Trinajstić information content (AvgIpc) is 2.05. The Morgan fingerprint density at radius 2 is 2.36 bits per heavy atom. The Morgan fingerprint density at radius 1 is 1.64 bits per heavy atom. The number of hydrogen-bond acceptors (Lipinski definition) is 4. The van der Waals surface area contributed by atoms with Gasteiger partial charge in [-0.3, -0.25) is 4.79 Å². The zero-order valence-corrected chi connectivity index (χ0v) is 6.37. The minimum Gasteiger partial charge on any atom is -0.467 e. The second kappa shape index (κ2) is 3.09. The molecule has 0 fully saturated rings. The minimum atomic E-state index is -0.0919. The predicted octanol–water partition coefficient (Wildman–Crippen LogP) is 0.688. The van der Waals surface area contributed by atoms with E-state index in [4.69, 9.17) is 4.74 Å². The number of carbonyl (C=O) groups excluding carboxylic acids is 1. The van der Waals surface area contributed by atoms with Gasteiger partial charge in [-0.25, -0.2) is 4.98 Å². The van der Waals surface area contributed by atoms with Gasteiger partial charge in [0.05, 0.1) is 7.11 Å². The third-order valence-corrected chi connectivity index (χ3v) is 1.18. The standard InChI is InChI=1S/C7H8N2O2/c1-5(10)6-3-4-8-7(9-6)11-2/h3-4H,1-2H3. The van der Waals surface area contributed by atoms with Crippen LogP contribution in [0.5, 0.6) is 6.01 Å². The molecule has 1 aromatic rings. The Morgan fingerprint density at radius 3 is 2.91 bits per heavy atom. The van der Waals surface area contributed by atoms with Crippen LogP contribution in [0.4, 0.5) is 0 Å². The van der Waals surface area contributed by atoms with Crippen molar-refractivity contribution in [2.24, 2.45) is 0 Å². The summed E-state index contributed by atoms with van der Waals surface area (Å²) < 4.78 is 4.73. The van der Waals surface area contributed by atoms with Gasteiger partial charge in [0.1, 0.15) is 5.69 Å². The van der Waals surface area contributed by atoms with Gasteiger partial charge in [0, 0.05) is 13.1 Å². The molecule has 0 bridgehead atoms. The van der Waals surface area contributed by atoms with Crippen LogP contribution in [0, 0.1) is 0 Å². The van der Waals surface area contributed by atoms with Gasteiger partial charge in [0.2, 0.25) is 0 Å². The quantitative estimate of drug-likeness (QED) is 0.585. The van der Waals surface area contributed by atoms with Gasteiger partial charge in [-0.1, -0.05) is 0 Å². The van der Waals surface area contributed by atoms with Crippen LogP contribution in [0.25, 0.3) is 0 Å². The molecule has 0 atom stereocenters. The normalized spacial score (nSPS) is 9.27. The average molecular weight is 152 g/mol. The molecule has 4 heteroatoms. The number of ketones is 1. The first kappa shape index (κ1) is 7.65. The molecular weight excluding hydrogens is 144 g/mol. The summed E-state index contributed by atoms with van der Waals surface area (Å²) in [7, 11) is 1.46. The second-order valence-electron chi connectivity index (χ2n) is 1.98. The van der Waals surface area contributed by atoms with Gasteiger partial charge in [0.25, 0.3) is 0 Å². The van der Waals surface area contributed by atoms with Crippen molar-refractivity contribution in [3.05, 3.63) is 18.0 Å². The molecular formula is C7H8N2O2. The maximum absolute atomic E-state index is 10.8. The summed E-state index contributed by atoms with van der Waals surface area (Å²) in [5.41, 5.74) is 0.372. The summed E-state index contributed by atoms with van der Waals surface area (Å²) >= 11 is 0. The van der Waals surface area contributed by atoms with Gasteiger partial charge in [0.15, 0.2) is 5.78 Å². The van der Waals surface area contributed by atoms with Crippen LogP contribution in [0.2, 0.25) is 0 Å². The third kappa shape index (κ3) is 1.73. The molecule has 1 heterocycles. The van der Waals surface area contributed by atoms with E-state index in [9.17, 15) is 4.79 Å². The van der Waals surface area contributed by atoms with Crippen molar-refractivity contribution in [3.8, 4) is 6.01 Å². The van der Waals surface area contributed by atoms with E-state index < -0.39 is 0 Å². The molecule has 11 heavy (non-hydrogen) atoms. The summed E-state index contributed by atoms with van der Waals surface area (Å²) in [5, 5.41) is 0. The lowest BCUT2D eigenvalue weighted by atomic mass is 10.3. The Labute approximate surface area is 64.2 Å². The van der Waals surface area contributed by atoms with E-state index in [1.807, 2.05) is 0 Å². The summed E-state index contributed by atoms with van der Waals surface area (Å²) in [6, 6.07) is 1.77. The lowest BCUT2D eigenvalue weighted by Gasteiger charge is -1.97. The predicted molar refractivity (Wildman–Crippen MR) is 38.6 cm³/mol. The van der Waals surface area contributed by atoms with Gasteiger partial charge in [-0.15, -0.1) is 0 Å². The number of methoxy groups -OCH3 is 1. The van der Waals surface area contributed by atoms with Crippen molar-refractivity contribution in [2.75, 3.05) is 7.11 Å². The molecule has 0 radical (unpaired) electrons. The summed E-state index contributed by atoms with van der Waals surface area (Å²) in [5.74, 6) is -0.0919. The van der Waals surface area contributed by atoms with Crippen molar-refractivity contribution in [3.63, 3.8) is 0 Å². The highest BCUT2D eigenvalue weighted by Crippen LogP contribution is 2.01. The van der Waals surface area contributed by atoms with Crippen LogP contribution < -0.4 is 4.74 Å². The molecule has 4 nitrogen and oxygen atoms in total. The van der Waals surface area contributed by atoms with Crippen LogP contribution in [-0.2, 0) is 0 Å². The maximum atomic E-state index is 10.8. The molecule has 0 spiro atoms. The maximum Gasteiger partial charge on any atom is 0.316 e. The van der Waals surface area contributed by atoms with Gasteiger partial charge < -0.3 is 4.74 Å². The highest BCUT2D eigenvalue weighted by Gasteiger charge is 2.01. The van der Waals surface area contributed by atoms with Gasteiger partial charge >= 0.3 is 6.01 Å². The van der Waals surface area contributed by atoms with Crippen LogP contribution in [-0.4, -0.2) is 22.9 Å². The molecule has 0 N–H and O–H groups in total. The highest BCUT2D eigenvalue weighted by molar-refractivity contribution is 5.91. The number of rotatable bonds is 2. The smallest absolute Gasteiger partial charge is 0.316 e. The number of hydrogen-bond donors (Lipinski definition) is 0. The largest absolute Gasteiger partial charge is 0.467 e. The number of carbonyl (C=O) groups is 1. The molecule has 0 aliphatic heterocycles. The van der Waals surface area contributed by atoms with Crippen LogP contribution in [0.1, 0.15) is 17.4 Å². The zero-order chi connectivity index (χ0) is 8.27. The topological polar surface area (TPSA) is 52.1 Å². The molecule has 1 rings (SSSR count). The summed E-state index contributed by atoms with van der Waals surface area (Å²) in [6.45, 7) is 1.45. The second-order valence-corrected chi connectivity index (χ2v) is 1.98. The van der Waals surface area contributed by atoms with Crippen molar-refractivity contribution < 1.29 is 9.53 Å². The first-order valence-corrected chi connectivity index (χ1v) is 3.12. The van der Waals surface area contributed by atoms with E-state index >= 15 is 0 Å². The van der Waals surface area contributed by atoms with Gasteiger partial charge in [-0.2, -0.15) is 4.98 Å². The molecule has 0 aliphatic carbocycles. The molecule has 0 unspecified atom stereocenters. The molecule has 0 saturated carbocycles. The number of ether oxygens (including phenoxy) is 1. The van der Waals surface area contributed by atoms with E-state index in [1.54, 1.807) is 6.07 Å². The van der Waals surface area contributed by atoms with Crippen LogP contribution >= 0.6 is 0 Å². The Balaban J connectivity index is 3.01. The van der Waals surface area contributed by atoms with Crippen molar-refractivity contribution in [1.29, 1.82) is 0 Å². The Bertz CT molecular complexity index is 273. The van der Waals surface area contributed by atoms with E-state index in [0.717, 1.165) is 0 Å². The van der Waals surface area contributed by atoms with Crippen LogP contribution in [0.3, 0.4) is 0 Å². The molecule has 58 valence electrons. The SMILES string of the molecule is COc1nccc(C(C)=O)n1. The lowest BCUT2D eigenvalue weighted by Crippen LogP contribution is -1.99. The summed E-state index contributed by atoms with van der Waals surface area (Å²) in [4.78, 5) is 18.3. The molecule has 0 saturated heterocycles. The van der Waals surface area contributed by atoms with E-state index in [1.165, 1.54) is 20.2 Å². The molecule has 0 amide bonds. The monoisotopic (exact) mass is 152 g/mol. The fourth-order valence-corrected chi connectivity index (χ4v) is 0.635. The zero-order valence-electron chi connectivity index (χ0n) is 6.37. The van der Waals surface area contributed by atoms with Crippen LogP contribution in [0.15, 0.2) is 12.3 Å². The van der Waals surface area contributed by atoms with E-state index in [-0.39, 0.29) is 11.8 Å². The van der Waals surface area contributed by atoms with Crippen molar-refractivity contribution >= 4 is 5.78 Å². The highest BCUT2D eigenvalue weighted by atomic mass is 16.5. The number of Topliss-reactive ketones (excluding diaryl/α,β-unsaturated/α-hetero) is 1. The fraction of sp³-hybridized carbons (Fsp3) is 0.286.